The predicted molar refractivity (Wildman–Crippen MR) is 99.0 cm³/mol. The Balaban J connectivity index is 1.62. The molecule has 4 aromatic rings. The van der Waals surface area contributed by atoms with Gasteiger partial charge in [0, 0.05) is 11.6 Å². The molecular formula is C19H15FN4OS. The number of fused-ring (bicyclic) bond motifs is 1. The van der Waals surface area contributed by atoms with E-state index in [0.29, 0.717) is 11.4 Å². The van der Waals surface area contributed by atoms with E-state index in [1.807, 2.05) is 31.2 Å². The Hall–Kier alpha value is -3.06. The van der Waals surface area contributed by atoms with Gasteiger partial charge in [-0.1, -0.05) is 6.07 Å². The first-order valence-electron chi connectivity index (χ1n) is 8.05. The molecule has 0 atom stereocenters. The Morgan fingerprint density at radius 1 is 1.23 bits per heavy atom. The first-order valence-corrected chi connectivity index (χ1v) is 8.86. The largest absolute Gasteiger partial charge is 0.346 e. The fourth-order valence-corrected chi connectivity index (χ4v) is 3.78. The first kappa shape index (κ1) is 16.4. The number of thiophene rings is 1. The molecule has 0 aliphatic heterocycles. The van der Waals surface area contributed by atoms with Gasteiger partial charge in [-0.25, -0.2) is 9.07 Å². The van der Waals surface area contributed by atoms with Crippen LogP contribution in [0.2, 0.25) is 0 Å². The fourth-order valence-electron chi connectivity index (χ4n) is 2.68. The number of carbonyl (C=O) groups excluding carboxylic acids is 1. The van der Waals surface area contributed by atoms with Crippen molar-refractivity contribution in [3.05, 3.63) is 76.8 Å². The van der Waals surface area contributed by atoms with Gasteiger partial charge in [-0.3, -0.25) is 9.78 Å². The number of rotatable bonds is 4. The average molecular weight is 366 g/mol. The van der Waals surface area contributed by atoms with E-state index in [-0.39, 0.29) is 11.7 Å². The Labute approximate surface area is 153 Å². The second kappa shape index (κ2) is 6.68. The Morgan fingerprint density at radius 2 is 2.04 bits per heavy atom. The van der Waals surface area contributed by atoms with Crippen molar-refractivity contribution >= 4 is 27.5 Å². The van der Waals surface area contributed by atoms with Crippen LogP contribution in [0.25, 0.3) is 15.9 Å². The average Bonchev–Trinajstić information content (AvgIpc) is 3.22. The van der Waals surface area contributed by atoms with Crippen molar-refractivity contribution in [3.8, 4) is 5.69 Å². The van der Waals surface area contributed by atoms with Crippen LogP contribution in [0.15, 0.2) is 54.7 Å². The van der Waals surface area contributed by atoms with Gasteiger partial charge in [0.25, 0.3) is 5.91 Å². The molecule has 0 saturated carbocycles. The highest BCUT2D eigenvalue weighted by Crippen LogP contribution is 2.30. The van der Waals surface area contributed by atoms with Crippen LogP contribution >= 0.6 is 11.3 Å². The van der Waals surface area contributed by atoms with Crippen LogP contribution < -0.4 is 5.32 Å². The monoisotopic (exact) mass is 366 g/mol. The van der Waals surface area contributed by atoms with Crippen molar-refractivity contribution in [2.75, 3.05) is 0 Å². The number of hydrogen-bond donors (Lipinski definition) is 1. The summed E-state index contributed by atoms with van der Waals surface area (Å²) in [5, 5.41) is 8.31. The summed E-state index contributed by atoms with van der Waals surface area (Å²) in [7, 11) is 0. The molecule has 1 N–H and O–H groups in total. The fraction of sp³-hybridized carbons (Fsp3) is 0.105. The normalized spacial score (nSPS) is 11.0. The number of carbonyl (C=O) groups is 1. The van der Waals surface area contributed by atoms with Crippen LogP contribution in [0.1, 0.15) is 21.1 Å². The highest BCUT2D eigenvalue weighted by molar-refractivity contribution is 7.20. The van der Waals surface area contributed by atoms with E-state index in [1.54, 1.807) is 23.0 Å². The maximum Gasteiger partial charge on any atom is 0.261 e. The van der Waals surface area contributed by atoms with Gasteiger partial charge in [0.1, 0.15) is 10.6 Å². The third kappa shape index (κ3) is 3.09. The number of nitrogens with zero attached hydrogens (tertiary/aromatic N) is 3. The molecule has 3 heterocycles. The third-order valence-electron chi connectivity index (χ3n) is 4.00. The van der Waals surface area contributed by atoms with E-state index < -0.39 is 0 Å². The molecule has 7 heteroatoms. The molecule has 1 aromatic carbocycles. The van der Waals surface area contributed by atoms with E-state index in [2.05, 4.69) is 15.4 Å². The lowest BCUT2D eigenvalue weighted by atomic mass is 10.3. The minimum absolute atomic E-state index is 0.151. The van der Waals surface area contributed by atoms with Crippen LogP contribution in [0.3, 0.4) is 0 Å². The van der Waals surface area contributed by atoms with Crippen molar-refractivity contribution < 1.29 is 9.18 Å². The van der Waals surface area contributed by atoms with Crippen LogP contribution in [0, 0.1) is 12.7 Å². The van der Waals surface area contributed by atoms with Crippen LogP contribution in [0.5, 0.6) is 0 Å². The van der Waals surface area contributed by atoms with Crippen LogP contribution in [0.4, 0.5) is 4.39 Å². The lowest BCUT2D eigenvalue weighted by Crippen LogP contribution is -2.22. The number of nitrogens with one attached hydrogen (secondary N) is 1. The van der Waals surface area contributed by atoms with Gasteiger partial charge < -0.3 is 5.32 Å². The lowest BCUT2D eigenvalue weighted by Gasteiger charge is -2.03. The molecular weight excluding hydrogens is 351 g/mol. The molecule has 0 spiro atoms. The van der Waals surface area contributed by atoms with E-state index in [1.165, 1.54) is 23.5 Å². The van der Waals surface area contributed by atoms with E-state index in [0.717, 1.165) is 27.3 Å². The van der Waals surface area contributed by atoms with Gasteiger partial charge >= 0.3 is 0 Å². The third-order valence-corrected chi connectivity index (χ3v) is 5.11. The van der Waals surface area contributed by atoms with Crippen LogP contribution in [-0.2, 0) is 6.54 Å². The second-order valence-electron chi connectivity index (χ2n) is 5.81. The molecule has 1 amide bonds. The molecule has 130 valence electrons. The standard InChI is InChI=1S/C19H15FN4OS/c1-12-16-10-17(18(25)22-11-14-4-2-3-9-21-14)26-19(16)24(23-12)15-7-5-13(20)6-8-15/h2-10H,11H2,1H3,(H,22,25). The molecule has 0 unspecified atom stereocenters. The zero-order valence-electron chi connectivity index (χ0n) is 13.9. The number of pyridine rings is 1. The van der Waals surface area contributed by atoms with Gasteiger partial charge in [-0.2, -0.15) is 5.10 Å². The Kier molecular flexibility index (Phi) is 4.22. The molecule has 0 saturated heterocycles. The summed E-state index contributed by atoms with van der Waals surface area (Å²) in [4.78, 5) is 18.1. The number of benzene rings is 1. The summed E-state index contributed by atoms with van der Waals surface area (Å²) in [6.07, 6.45) is 1.70. The lowest BCUT2D eigenvalue weighted by molar-refractivity contribution is 0.0954. The van der Waals surface area contributed by atoms with Crippen molar-refractivity contribution in [2.24, 2.45) is 0 Å². The molecule has 0 aliphatic carbocycles. The zero-order valence-corrected chi connectivity index (χ0v) is 14.8. The van der Waals surface area contributed by atoms with Gasteiger partial charge in [-0.05, 0) is 49.4 Å². The summed E-state index contributed by atoms with van der Waals surface area (Å²) < 4.78 is 14.9. The number of aryl methyl sites for hydroxylation is 1. The summed E-state index contributed by atoms with van der Waals surface area (Å²) >= 11 is 1.36. The topological polar surface area (TPSA) is 59.8 Å². The van der Waals surface area contributed by atoms with E-state index in [9.17, 15) is 9.18 Å². The van der Waals surface area contributed by atoms with Crippen molar-refractivity contribution in [1.82, 2.24) is 20.1 Å². The highest BCUT2D eigenvalue weighted by Gasteiger charge is 2.17. The Bertz CT molecular complexity index is 1070. The van der Waals surface area contributed by atoms with Crippen molar-refractivity contribution in [3.63, 3.8) is 0 Å². The summed E-state index contributed by atoms with van der Waals surface area (Å²) in [5.74, 6) is -0.448. The SMILES string of the molecule is Cc1nn(-c2ccc(F)cc2)c2sc(C(=O)NCc3ccccn3)cc12. The molecule has 0 radical (unpaired) electrons. The zero-order chi connectivity index (χ0) is 18.1. The molecule has 0 bridgehead atoms. The van der Waals surface area contributed by atoms with Gasteiger partial charge in [0.2, 0.25) is 0 Å². The highest BCUT2D eigenvalue weighted by atomic mass is 32.1. The molecule has 0 aliphatic rings. The minimum atomic E-state index is -0.297. The summed E-state index contributed by atoms with van der Waals surface area (Å²) in [5.41, 5.74) is 2.38. The number of halogens is 1. The quantitative estimate of drug-likeness (QED) is 0.597. The predicted octanol–water partition coefficient (Wildman–Crippen LogP) is 3.86. The van der Waals surface area contributed by atoms with E-state index in [4.69, 9.17) is 0 Å². The molecule has 5 nitrogen and oxygen atoms in total. The second-order valence-corrected chi connectivity index (χ2v) is 6.84. The summed E-state index contributed by atoms with van der Waals surface area (Å²) in [6, 6.07) is 13.6. The van der Waals surface area contributed by atoms with Crippen molar-refractivity contribution in [1.29, 1.82) is 0 Å². The van der Waals surface area contributed by atoms with Crippen LogP contribution in [-0.4, -0.2) is 20.7 Å². The molecule has 0 fully saturated rings. The van der Waals surface area contributed by atoms with Gasteiger partial charge in [-0.15, -0.1) is 11.3 Å². The number of amides is 1. The maximum absolute atomic E-state index is 13.2. The smallest absolute Gasteiger partial charge is 0.261 e. The molecule has 26 heavy (non-hydrogen) atoms. The van der Waals surface area contributed by atoms with E-state index >= 15 is 0 Å². The van der Waals surface area contributed by atoms with Gasteiger partial charge in [0.15, 0.2) is 0 Å². The van der Waals surface area contributed by atoms with Crippen molar-refractivity contribution in [2.45, 2.75) is 13.5 Å². The number of aromatic nitrogens is 3. The summed E-state index contributed by atoms with van der Waals surface area (Å²) in [6.45, 7) is 2.27. The number of hydrogen-bond acceptors (Lipinski definition) is 4. The molecule has 3 aromatic heterocycles. The molecule has 4 rings (SSSR count). The van der Waals surface area contributed by atoms with Gasteiger partial charge in [0.05, 0.1) is 28.5 Å². The minimum Gasteiger partial charge on any atom is -0.346 e. The first-order chi connectivity index (χ1) is 12.6. The Morgan fingerprint density at radius 3 is 2.77 bits per heavy atom. The maximum atomic E-state index is 13.2.